The molecule has 9 heteroatoms. The Morgan fingerprint density at radius 2 is 2.00 bits per heavy atom. The van der Waals surface area contributed by atoms with Crippen molar-refractivity contribution in [3.63, 3.8) is 0 Å². The molecule has 110 valence electrons. The number of carboxylic acids is 1. The summed E-state index contributed by atoms with van der Waals surface area (Å²) in [7, 11) is 1.18. The number of carboxylic acid groups (broad SMARTS) is 1. The number of hydrogen-bond donors (Lipinski definition) is 2. The molecule has 0 unspecified atom stereocenters. The Labute approximate surface area is 122 Å². The average Bonchev–Trinajstić information content (AvgIpc) is 2.41. The van der Waals surface area contributed by atoms with E-state index in [4.69, 9.17) is 27.2 Å². The van der Waals surface area contributed by atoms with Crippen molar-refractivity contribution in [1.82, 2.24) is 9.97 Å². The number of benzene rings is 1. The Kier molecular flexibility index (Phi) is 3.90. The number of nitrogens with two attached hydrogens (primary N) is 1. The number of hydrogen-bond acceptors (Lipinski definition) is 5. The van der Waals surface area contributed by atoms with Crippen molar-refractivity contribution >= 4 is 23.4 Å². The lowest BCUT2D eigenvalue weighted by atomic mass is 10.2. The van der Waals surface area contributed by atoms with Crippen LogP contribution in [0.25, 0.3) is 11.4 Å². The van der Waals surface area contributed by atoms with Crippen LogP contribution in [0.3, 0.4) is 0 Å². The molecule has 2 rings (SSSR count). The Bertz CT molecular complexity index is 740. The predicted molar refractivity (Wildman–Crippen MR) is 70.3 cm³/mol. The third kappa shape index (κ3) is 2.70. The van der Waals surface area contributed by atoms with Gasteiger partial charge in [0, 0.05) is 0 Å². The topological polar surface area (TPSA) is 98.3 Å². The predicted octanol–water partition coefficient (Wildman–Crippen LogP) is 2.36. The Morgan fingerprint density at radius 1 is 1.33 bits per heavy atom. The van der Waals surface area contributed by atoms with Crippen LogP contribution in [0.2, 0.25) is 5.02 Å². The number of aromatic nitrogens is 2. The first-order chi connectivity index (χ1) is 9.85. The van der Waals surface area contributed by atoms with E-state index in [2.05, 4.69) is 9.97 Å². The van der Waals surface area contributed by atoms with Gasteiger partial charge in [-0.05, 0) is 12.1 Å². The van der Waals surface area contributed by atoms with Crippen molar-refractivity contribution in [2.45, 2.75) is 0 Å². The summed E-state index contributed by atoms with van der Waals surface area (Å²) in [6.07, 6.45) is 0. The number of rotatable bonds is 3. The van der Waals surface area contributed by atoms with Gasteiger partial charge in [0.05, 0.1) is 17.7 Å². The van der Waals surface area contributed by atoms with Gasteiger partial charge in [-0.3, -0.25) is 0 Å². The van der Waals surface area contributed by atoms with Crippen LogP contribution in [-0.2, 0) is 0 Å². The normalized spacial score (nSPS) is 10.5. The third-order valence-corrected chi connectivity index (χ3v) is 2.84. The Morgan fingerprint density at radius 3 is 2.57 bits per heavy atom. The zero-order chi connectivity index (χ0) is 15.7. The van der Waals surface area contributed by atoms with E-state index in [-0.39, 0.29) is 17.1 Å². The first-order valence-electron chi connectivity index (χ1n) is 5.44. The fourth-order valence-electron chi connectivity index (χ4n) is 1.63. The number of nitrogens with zero attached hydrogens (tertiary/aromatic N) is 2. The molecule has 6 nitrogen and oxygen atoms in total. The van der Waals surface area contributed by atoms with Gasteiger partial charge in [0.15, 0.2) is 23.1 Å². The van der Waals surface area contributed by atoms with Gasteiger partial charge in [-0.25, -0.2) is 23.5 Å². The minimum absolute atomic E-state index is 0.263. The van der Waals surface area contributed by atoms with Crippen LogP contribution in [0.5, 0.6) is 5.75 Å². The molecule has 1 heterocycles. The highest BCUT2D eigenvalue weighted by Gasteiger charge is 2.21. The first-order valence-corrected chi connectivity index (χ1v) is 5.82. The van der Waals surface area contributed by atoms with E-state index in [0.717, 1.165) is 12.1 Å². The fourth-order valence-corrected chi connectivity index (χ4v) is 1.78. The van der Waals surface area contributed by atoms with Crippen LogP contribution < -0.4 is 10.5 Å². The van der Waals surface area contributed by atoms with Gasteiger partial charge in [0.2, 0.25) is 0 Å². The number of ether oxygens (including phenoxy) is 1. The highest BCUT2D eigenvalue weighted by molar-refractivity contribution is 6.30. The van der Waals surface area contributed by atoms with E-state index < -0.39 is 34.1 Å². The fraction of sp³-hybridized carbons (Fsp3) is 0.0833. The summed E-state index contributed by atoms with van der Waals surface area (Å²) < 4.78 is 32.0. The smallest absolute Gasteiger partial charge is 0.358 e. The van der Waals surface area contributed by atoms with E-state index in [9.17, 15) is 13.6 Å². The zero-order valence-electron chi connectivity index (χ0n) is 10.5. The van der Waals surface area contributed by atoms with Crippen molar-refractivity contribution in [3.05, 3.63) is 34.5 Å². The molecule has 0 atom stereocenters. The molecular formula is C12H8ClF2N3O3. The van der Waals surface area contributed by atoms with Gasteiger partial charge in [-0.1, -0.05) is 11.6 Å². The summed E-state index contributed by atoms with van der Waals surface area (Å²) in [6, 6.07) is 1.49. The van der Waals surface area contributed by atoms with Crippen LogP contribution in [-0.4, -0.2) is 28.2 Å². The molecule has 3 N–H and O–H groups in total. The standard InChI is InChI=1S/C12H8ClF2N3O3/c1-21-9-8(12(19)20)17-11(18-10(9)16)4-2-7(15)5(13)3-6(4)14/h2-3H,1H3,(H,19,20)(H2,16,17,18). The number of methoxy groups -OCH3 is 1. The maximum atomic E-state index is 13.8. The Hall–Kier alpha value is -2.48. The lowest BCUT2D eigenvalue weighted by molar-refractivity contribution is 0.0686. The molecule has 1 aromatic carbocycles. The van der Waals surface area contributed by atoms with E-state index in [1.807, 2.05) is 0 Å². The maximum absolute atomic E-state index is 13.8. The number of carbonyl (C=O) groups is 1. The number of anilines is 1. The maximum Gasteiger partial charge on any atom is 0.358 e. The summed E-state index contributed by atoms with van der Waals surface area (Å²) in [6.45, 7) is 0. The van der Waals surface area contributed by atoms with Crippen LogP contribution >= 0.6 is 11.6 Å². The van der Waals surface area contributed by atoms with Crippen molar-refractivity contribution in [2.24, 2.45) is 0 Å². The van der Waals surface area contributed by atoms with Crippen molar-refractivity contribution in [1.29, 1.82) is 0 Å². The van der Waals surface area contributed by atoms with Crippen molar-refractivity contribution < 1.29 is 23.4 Å². The van der Waals surface area contributed by atoms with Gasteiger partial charge in [0.25, 0.3) is 0 Å². The average molecular weight is 316 g/mol. The molecule has 0 saturated carbocycles. The molecule has 1 aromatic heterocycles. The second kappa shape index (κ2) is 5.49. The molecule has 0 saturated heterocycles. The van der Waals surface area contributed by atoms with Crippen molar-refractivity contribution in [3.8, 4) is 17.1 Å². The highest BCUT2D eigenvalue weighted by atomic mass is 35.5. The van der Waals surface area contributed by atoms with Gasteiger partial charge < -0.3 is 15.6 Å². The minimum Gasteiger partial charge on any atom is -0.491 e. The summed E-state index contributed by atoms with van der Waals surface area (Å²) >= 11 is 5.44. The number of nitrogen functional groups attached to an aromatic ring is 1. The highest BCUT2D eigenvalue weighted by Crippen LogP contribution is 2.30. The molecule has 0 fully saturated rings. The second-order valence-electron chi connectivity index (χ2n) is 3.87. The molecule has 0 aliphatic rings. The molecule has 0 bridgehead atoms. The molecule has 2 aromatic rings. The van der Waals surface area contributed by atoms with Gasteiger partial charge in [-0.2, -0.15) is 0 Å². The first kappa shape index (κ1) is 14.9. The molecule has 0 aliphatic carbocycles. The molecule has 21 heavy (non-hydrogen) atoms. The third-order valence-electron chi connectivity index (χ3n) is 2.55. The zero-order valence-corrected chi connectivity index (χ0v) is 11.3. The summed E-state index contributed by atoms with van der Waals surface area (Å²) in [5.41, 5.74) is 4.62. The molecule has 0 amide bonds. The monoisotopic (exact) mass is 315 g/mol. The van der Waals surface area contributed by atoms with Crippen LogP contribution in [0, 0.1) is 11.6 Å². The van der Waals surface area contributed by atoms with Gasteiger partial charge in [-0.15, -0.1) is 0 Å². The van der Waals surface area contributed by atoms with Crippen LogP contribution in [0.1, 0.15) is 10.5 Å². The van der Waals surface area contributed by atoms with Crippen LogP contribution in [0.15, 0.2) is 12.1 Å². The SMILES string of the molecule is COc1c(N)nc(-c2cc(F)c(Cl)cc2F)nc1C(=O)O. The van der Waals surface area contributed by atoms with E-state index in [0.29, 0.717) is 0 Å². The molecule has 0 spiro atoms. The van der Waals surface area contributed by atoms with Crippen molar-refractivity contribution in [2.75, 3.05) is 12.8 Å². The molecular weight excluding hydrogens is 308 g/mol. The van der Waals surface area contributed by atoms with E-state index >= 15 is 0 Å². The summed E-state index contributed by atoms with van der Waals surface area (Å²) in [5.74, 6) is -4.23. The lowest BCUT2D eigenvalue weighted by Crippen LogP contribution is -2.10. The van der Waals surface area contributed by atoms with E-state index in [1.54, 1.807) is 0 Å². The van der Waals surface area contributed by atoms with Gasteiger partial charge in [0.1, 0.15) is 11.6 Å². The number of aromatic carboxylic acids is 1. The number of halogens is 3. The summed E-state index contributed by atoms with van der Waals surface area (Å²) in [4.78, 5) is 18.5. The Balaban J connectivity index is 2.71. The molecule has 0 aliphatic heterocycles. The second-order valence-corrected chi connectivity index (χ2v) is 4.27. The summed E-state index contributed by atoms with van der Waals surface area (Å²) in [5, 5.41) is 8.63. The van der Waals surface area contributed by atoms with E-state index in [1.165, 1.54) is 7.11 Å². The van der Waals surface area contributed by atoms with Crippen LogP contribution in [0.4, 0.5) is 14.6 Å². The quantitative estimate of drug-likeness (QED) is 0.844. The van der Waals surface area contributed by atoms with Gasteiger partial charge >= 0.3 is 5.97 Å². The minimum atomic E-state index is -1.45. The largest absolute Gasteiger partial charge is 0.491 e. The lowest BCUT2D eigenvalue weighted by Gasteiger charge is -2.10. The molecule has 0 radical (unpaired) electrons.